The molecule has 8 N–H and O–H groups in total. The maximum atomic E-state index is 11.9. The van der Waals surface area contributed by atoms with Crippen molar-refractivity contribution in [3.8, 4) is 0 Å². The Morgan fingerprint density at radius 2 is 1.81 bits per heavy atom. The van der Waals surface area contributed by atoms with E-state index in [2.05, 4.69) is 15.4 Å². The van der Waals surface area contributed by atoms with Crippen LogP contribution in [0.5, 0.6) is 0 Å². The van der Waals surface area contributed by atoms with E-state index < -0.39 is 5.91 Å². The van der Waals surface area contributed by atoms with E-state index in [4.69, 9.17) is 28.5 Å². The molecule has 2 aromatic carbocycles. The largest absolute Gasteiger partial charge is 0.386 e. The zero-order chi connectivity index (χ0) is 22.9. The Morgan fingerprint density at radius 3 is 2.47 bits per heavy atom. The third kappa shape index (κ3) is 7.27. The standard InChI is InChI=1S/C23H29ClN6OS/c24-16-7-5-15(6-8-16)13-29-32-18-11-9-17(10-12-18)30-22(26)19(23(27)31)14-28-21-4-2-1-3-20(21)25/h5-12,14,20-21,28-29H,1-4,13,25H2,(H2,26,30)(H2,27,31)/b19-14+. The molecule has 0 aromatic heterocycles. The molecular formula is C23H29ClN6OS. The van der Waals surface area contributed by atoms with Crippen molar-refractivity contribution in [2.75, 3.05) is 5.32 Å². The van der Waals surface area contributed by atoms with Crippen molar-refractivity contribution in [3.05, 3.63) is 70.9 Å². The Bertz CT molecular complexity index is 948. The minimum Gasteiger partial charge on any atom is -0.386 e. The van der Waals surface area contributed by atoms with E-state index in [1.54, 1.807) is 0 Å². The summed E-state index contributed by atoms with van der Waals surface area (Å²) in [7, 11) is 0. The van der Waals surface area contributed by atoms with Gasteiger partial charge in [-0.25, -0.2) is 0 Å². The molecule has 1 amide bonds. The molecule has 1 fully saturated rings. The maximum Gasteiger partial charge on any atom is 0.253 e. The lowest BCUT2D eigenvalue weighted by atomic mass is 9.91. The summed E-state index contributed by atoms with van der Waals surface area (Å²) in [5, 5.41) is 15.1. The van der Waals surface area contributed by atoms with Gasteiger partial charge in [-0.3, -0.25) is 14.9 Å². The number of benzene rings is 2. The Balaban J connectivity index is 1.52. The molecule has 0 heterocycles. The SMILES string of the molecule is N=C(Nc1ccc(SNCc2ccc(Cl)cc2)cc1)/C(=C\NC1CCCCC1N)C(N)=O. The molecule has 7 nitrogen and oxygen atoms in total. The lowest BCUT2D eigenvalue weighted by Crippen LogP contribution is -2.45. The van der Waals surface area contributed by atoms with Gasteiger partial charge in [-0.15, -0.1) is 0 Å². The molecule has 0 spiro atoms. The van der Waals surface area contributed by atoms with Gasteiger partial charge >= 0.3 is 0 Å². The fourth-order valence-electron chi connectivity index (χ4n) is 3.45. The molecule has 0 aliphatic heterocycles. The molecule has 1 aliphatic rings. The third-order valence-electron chi connectivity index (χ3n) is 5.30. The molecule has 0 bridgehead atoms. The summed E-state index contributed by atoms with van der Waals surface area (Å²) < 4.78 is 3.30. The molecule has 170 valence electrons. The number of nitrogens with one attached hydrogen (secondary N) is 4. The summed E-state index contributed by atoms with van der Waals surface area (Å²) in [5.41, 5.74) is 13.6. The van der Waals surface area contributed by atoms with Crippen LogP contribution in [0.25, 0.3) is 0 Å². The van der Waals surface area contributed by atoms with Crippen molar-refractivity contribution in [1.29, 1.82) is 5.41 Å². The monoisotopic (exact) mass is 472 g/mol. The number of anilines is 1. The number of amides is 1. The van der Waals surface area contributed by atoms with Gasteiger partial charge in [-0.05, 0) is 66.8 Å². The number of carbonyl (C=O) groups excluding carboxylic acids is 1. The molecule has 1 aliphatic carbocycles. The van der Waals surface area contributed by atoms with Gasteiger partial charge < -0.3 is 22.1 Å². The van der Waals surface area contributed by atoms with E-state index in [0.717, 1.165) is 41.2 Å². The number of hydrogen-bond acceptors (Lipinski definition) is 6. The maximum absolute atomic E-state index is 11.9. The van der Waals surface area contributed by atoms with E-state index in [0.29, 0.717) is 12.2 Å². The van der Waals surface area contributed by atoms with E-state index in [-0.39, 0.29) is 23.5 Å². The van der Waals surface area contributed by atoms with Crippen molar-refractivity contribution in [2.24, 2.45) is 11.5 Å². The Labute approximate surface area is 198 Å². The van der Waals surface area contributed by atoms with Crippen LogP contribution in [0.1, 0.15) is 31.2 Å². The van der Waals surface area contributed by atoms with Crippen molar-refractivity contribution in [1.82, 2.24) is 10.0 Å². The van der Waals surface area contributed by atoms with Crippen molar-refractivity contribution in [3.63, 3.8) is 0 Å². The van der Waals surface area contributed by atoms with Gasteiger partial charge in [0.05, 0.1) is 5.57 Å². The van der Waals surface area contributed by atoms with E-state index in [9.17, 15) is 4.79 Å². The summed E-state index contributed by atoms with van der Waals surface area (Å²) in [4.78, 5) is 12.9. The van der Waals surface area contributed by atoms with Gasteiger partial charge in [0.25, 0.3) is 5.91 Å². The molecule has 0 saturated heterocycles. The number of amidine groups is 1. The predicted octanol–water partition coefficient (Wildman–Crippen LogP) is 3.75. The minimum absolute atomic E-state index is 0.0367. The highest BCUT2D eigenvalue weighted by Crippen LogP contribution is 2.20. The predicted molar refractivity (Wildman–Crippen MR) is 133 cm³/mol. The average molecular weight is 473 g/mol. The van der Waals surface area contributed by atoms with Crippen molar-refractivity contribution in [2.45, 2.75) is 49.2 Å². The van der Waals surface area contributed by atoms with Crippen molar-refractivity contribution < 1.29 is 4.79 Å². The van der Waals surface area contributed by atoms with Crippen LogP contribution in [0, 0.1) is 5.41 Å². The molecule has 2 atom stereocenters. The molecule has 2 unspecified atom stereocenters. The molecule has 0 radical (unpaired) electrons. The fraction of sp³-hybridized carbons (Fsp3) is 0.304. The fourth-order valence-corrected chi connectivity index (χ4v) is 4.25. The summed E-state index contributed by atoms with van der Waals surface area (Å²) >= 11 is 7.41. The second-order valence-corrected chi connectivity index (χ2v) is 9.12. The summed E-state index contributed by atoms with van der Waals surface area (Å²) in [6.45, 7) is 0.705. The first kappa shape index (κ1) is 24.1. The van der Waals surface area contributed by atoms with Gasteiger partial charge in [0.2, 0.25) is 0 Å². The van der Waals surface area contributed by atoms with Crippen LogP contribution in [-0.2, 0) is 11.3 Å². The lowest BCUT2D eigenvalue weighted by Gasteiger charge is -2.29. The second kappa shape index (κ2) is 11.9. The highest BCUT2D eigenvalue weighted by molar-refractivity contribution is 7.97. The smallest absolute Gasteiger partial charge is 0.253 e. The number of primary amides is 1. The van der Waals surface area contributed by atoms with E-state index >= 15 is 0 Å². The van der Waals surface area contributed by atoms with Gasteiger partial charge in [0, 0.05) is 40.4 Å². The first-order valence-electron chi connectivity index (χ1n) is 10.5. The van der Waals surface area contributed by atoms with Gasteiger partial charge in [0.1, 0.15) is 5.84 Å². The highest BCUT2D eigenvalue weighted by atomic mass is 35.5. The van der Waals surface area contributed by atoms with Gasteiger partial charge in [-0.2, -0.15) is 0 Å². The van der Waals surface area contributed by atoms with Crippen LogP contribution in [-0.4, -0.2) is 23.8 Å². The first-order chi connectivity index (χ1) is 15.4. The Kier molecular flexibility index (Phi) is 8.99. The van der Waals surface area contributed by atoms with Crippen LogP contribution in [0.15, 0.2) is 65.2 Å². The number of carbonyl (C=O) groups is 1. The second-order valence-electron chi connectivity index (χ2n) is 7.72. The molecule has 3 rings (SSSR count). The Morgan fingerprint density at radius 1 is 1.12 bits per heavy atom. The zero-order valence-corrected chi connectivity index (χ0v) is 19.3. The van der Waals surface area contributed by atoms with Crippen LogP contribution in [0.3, 0.4) is 0 Å². The quantitative estimate of drug-likeness (QED) is 0.143. The lowest BCUT2D eigenvalue weighted by molar-refractivity contribution is -0.114. The topological polar surface area (TPSA) is 129 Å². The molecular weight excluding hydrogens is 444 g/mol. The van der Waals surface area contributed by atoms with E-state index in [1.807, 2.05) is 48.5 Å². The summed E-state index contributed by atoms with van der Waals surface area (Å²) in [6.07, 6.45) is 5.62. The van der Waals surface area contributed by atoms with Crippen LogP contribution in [0.4, 0.5) is 5.69 Å². The first-order valence-corrected chi connectivity index (χ1v) is 11.7. The number of rotatable bonds is 9. The van der Waals surface area contributed by atoms with E-state index in [1.165, 1.54) is 18.1 Å². The van der Waals surface area contributed by atoms with Crippen LogP contribution >= 0.6 is 23.5 Å². The van der Waals surface area contributed by atoms with Gasteiger partial charge in [-0.1, -0.05) is 36.6 Å². The summed E-state index contributed by atoms with van der Waals surface area (Å²) in [6, 6.07) is 15.4. The van der Waals surface area contributed by atoms with Gasteiger partial charge in [0.15, 0.2) is 0 Å². The number of halogens is 1. The third-order valence-corrected chi connectivity index (χ3v) is 6.35. The number of hydrogen-bond donors (Lipinski definition) is 6. The minimum atomic E-state index is -0.669. The molecule has 9 heteroatoms. The summed E-state index contributed by atoms with van der Waals surface area (Å²) in [5.74, 6) is -0.728. The zero-order valence-electron chi connectivity index (χ0n) is 17.7. The normalized spacial score (nSPS) is 18.8. The van der Waals surface area contributed by atoms with Crippen molar-refractivity contribution >= 4 is 41.0 Å². The molecule has 1 saturated carbocycles. The molecule has 32 heavy (non-hydrogen) atoms. The van der Waals surface area contributed by atoms with Crippen LogP contribution < -0.4 is 26.8 Å². The molecule has 2 aromatic rings. The number of nitrogens with two attached hydrogens (primary N) is 2. The average Bonchev–Trinajstić information content (AvgIpc) is 2.77. The highest BCUT2D eigenvalue weighted by Gasteiger charge is 2.21. The Hall–Kier alpha value is -2.52. The van der Waals surface area contributed by atoms with Crippen LogP contribution in [0.2, 0.25) is 5.02 Å².